The predicted octanol–water partition coefficient (Wildman–Crippen LogP) is 2.32. The van der Waals surface area contributed by atoms with E-state index in [1.54, 1.807) is 13.2 Å². The average Bonchev–Trinajstić information content (AvgIpc) is 2.31. The van der Waals surface area contributed by atoms with Gasteiger partial charge in [0.05, 0.1) is 12.8 Å². The standard InChI is InChI=1S/C10H13NO3.C2H6/c1-11(2)9-5-4-8(13-3)6-10(9)14-7-12;1-2/h4-7H,1-3H3;1-2H3. The van der Waals surface area contributed by atoms with E-state index in [2.05, 4.69) is 0 Å². The van der Waals surface area contributed by atoms with Gasteiger partial charge in [-0.3, -0.25) is 4.79 Å². The second kappa shape index (κ2) is 7.56. The molecule has 4 heteroatoms. The van der Waals surface area contributed by atoms with Crippen molar-refractivity contribution in [3.8, 4) is 11.5 Å². The van der Waals surface area contributed by atoms with E-state index in [0.29, 0.717) is 18.0 Å². The van der Waals surface area contributed by atoms with Gasteiger partial charge in [0, 0.05) is 20.2 Å². The van der Waals surface area contributed by atoms with Gasteiger partial charge in [0.1, 0.15) is 5.75 Å². The number of nitrogens with zero attached hydrogens (tertiary/aromatic N) is 1. The number of hydrogen-bond donors (Lipinski definition) is 0. The molecule has 16 heavy (non-hydrogen) atoms. The third-order valence-electron chi connectivity index (χ3n) is 1.82. The molecule has 1 aromatic rings. The lowest BCUT2D eigenvalue weighted by atomic mass is 10.2. The van der Waals surface area contributed by atoms with Crippen molar-refractivity contribution < 1.29 is 14.3 Å². The van der Waals surface area contributed by atoms with Gasteiger partial charge in [-0.2, -0.15) is 0 Å². The van der Waals surface area contributed by atoms with Crippen molar-refractivity contribution in [2.24, 2.45) is 0 Å². The monoisotopic (exact) mass is 225 g/mol. The highest BCUT2D eigenvalue weighted by atomic mass is 16.5. The summed E-state index contributed by atoms with van der Waals surface area (Å²) in [5, 5.41) is 0. The molecular formula is C12H19NO3. The average molecular weight is 225 g/mol. The zero-order chi connectivity index (χ0) is 12.6. The lowest BCUT2D eigenvalue weighted by Gasteiger charge is -2.16. The van der Waals surface area contributed by atoms with Crippen LogP contribution in [0.2, 0.25) is 0 Å². The van der Waals surface area contributed by atoms with E-state index < -0.39 is 0 Å². The van der Waals surface area contributed by atoms with E-state index in [0.717, 1.165) is 5.69 Å². The maximum atomic E-state index is 10.3. The molecule has 90 valence electrons. The van der Waals surface area contributed by atoms with Crippen LogP contribution in [0.1, 0.15) is 13.8 Å². The minimum absolute atomic E-state index is 0.405. The third kappa shape index (κ3) is 3.81. The number of benzene rings is 1. The maximum Gasteiger partial charge on any atom is 0.298 e. The zero-order valence-electron chi connectivity index (χ0n) is 10.5. The van der Waals surface area contributed by atoms with Gasteiger partial charge in [-0.05, 0) is 12.1 Å². The van der Waals surface area contributed by atoms with Gasteiger partial charge in [-0.15, -0.1) is 0 Å². The summed E-state index contributed by atoms with van der Waals surface area (Å²) in [6.45, 7) is 4.40. The smallest absolute Gasteiger partial charge is 0.298 e. The van der Waals surface area contributed by atoms with Gasteiger partial charge in [-0.1, -0.05) is 13.8 Å². The van der Waals surface area contributed by atoms with Crippen LogP contribution in [0.4, 0.5) is 5.69 Å². The molecule has 0 radical (unpaired) electrons. The van der Waals surface area contributed by atoms with Crippen LogP contribution in [-0.2, 0) is 4.79 Å². The topological polar surface area (TPSA) is 38.8 Å². The highest BCUT2D eigenvalue weighted by Gasteiger charge is 2.06. The SMILES string of the molecule is CC.COc1ccc(N(C)C)c(OC=O)c1. The number of carbonyl (C=O) groups is 1. The fourth-order valence-electron chi connectivity index (χ4n) is 1.14. The first-order valence-electron chi connectivity index (χ1n) is 5.14. The molecule has 0 aliphatic heterocycles. The molecule has 0 heterocycles. The number of carbonyl (C=O) groups excluding carboxylic acids is 1. The summed E-state index contributed by atoms with van der Waals surface area (Å²) >= 11 is 0. The molecule has 1 aromatic carbocycles. The fraction of sp³-hybridized carbons (Fsp3) is 0.417. The Morgan fingerprint density at radius 2 is 1.88 bits per heavy atom. The molecule has 0 aliphatic carbocycles. The molecule has 0 amide bonds. The Balaban J connectivity index is 0.00000106. The van der Waals surface area contributed by atoms with E-state index in [9.17, 15) is 4.79 Å². The van der Waals surface area contributed by atoms with E-state index in [-0.39, 0.29) is 0 Å². The molecular weight excluding hydrogens is 206 g/mol. The molecule has 0 fully saturated rings. The Morgan fingerprint density at radius 3 is 2.31 bits per heavy atom. The Kier molecular flexibility index (Phi) is 6.76. The van der Waals surface area contributed by atoms with Crippen molar-refractivity contribution in [2.75, 3.05) is 26.1 Å². The normalized spacial score (nSPS) is 8.56. The Hall–Kier alpha value is -1.71. The summed E-state index contributed by atoms with van der Waals surface area (Å²) in [6, 6.07) is 5.31. The summed E-state index contributed by atoms with van der Waals surface area (Å²) in [5.41, 5.74) is 0.831. The van der Waals surface area contributed by atoms with Gasteiger partial charge in [-0.25, -0.2) is 0 Å². The largest absolute Gasteiger partial charge is 0.497 e. The van der Waals surface area contributed by atoms with Gasteiger partial charge in [0.25, 0.3) is 6.47 Å². The maximum absolute atomic E-state index is 10.3. The van der Waals surface area contributed by atoms with Crippen LogP contribution < -0.4 is 14.4 Å². The minimum Gasteiger partial charge on any atom is -0.497 e. The first kappa shape index (κ1) is 14.3. The molecule has 0 aliphatic rings. The number of methoxy groups -OCH3 is 1. The first-order valence-corrected chi connectivity index (χ1v) is 5.14. The molecule has 0 saturated heterocycles. The second-order valence-corrected chi connectivity index (χ2v) is 2.94. The molecule has 0 spiro atoms. The molecule has 0 atom stereocenters. The van der Waals surface area contributed by atoms with Crippen LogP contribution in [0.25, 0.3) is 0 Å². The molecule has 0 saturated carbocycles. The first-order chi connectivity index (χ1) is 7.69. The minimum atomic E-state index is 0.405. The van der Waals surface area contributed by atoms with Crippen LogP contribution >= 0.6 is 0 Å². The fourth-order valence-corrected chi connectivity index (χ4v) is 1.14. The van der Waals surface area contributed by atoms with E-state index in [1.165, 1.54) is 0 Å². The Labute approximate surface area is 96.8 Å². The van der Waals surface area contributed by atoms with Crippen molar-refractivity contribution in [3.05, 3.63) is 18.2 Å². The van der Waals surface area contributed by atoms with Crippen LogP contribution in [0, 0.1) is 0 Å². The Bertz CT molecular complexity index is 324. The zero-order valence-corrected chi connectivity index (χ0v) is 10.5. The van der Waals surface area contributed by atoms with Crippen molar-refractivity contribution in [3.63, 3.8) is 0 Å². The second-order valence-electron chi connectivity index (χ2n) is 2.94. The van der Waals surface area contributed by atoms with Crippen LogP contribution in [-0.4, -0.2) is 27.7 Å². The molecule has 0 N–H and O–H groups in total. The highest BCUT2D eigenvalue weighted by molar-refractivity contribution is 5.63. The van der Waals surface area contributed by atoms with Crippen molar-refractivity contribution in [1.29, 1.82) is 0 Å². The number of ether oxygens (including phenoxy) is 2. The Morgan fingerprint density at radius 1 is 1.25 bits per heavy atom. The molecule has 0 bridgehead atoms. The van der Waals surface area contributed by atoms with E-state index >= 15 is 0 Å². The number of rotatable bonds is 4. The lowest BCUT2D eigenvalue weighted by molar-refractivity contribution is -0.120. The third-order valence-corrected chi connectivity index (χ3v) is 1.82. The van der Waals surface area contributed by atoms with E-state index in [1.807, 2.05) is 45.0 Å². The molecule has 4 nitrogen and oxygen atoms in total. The van der Waals surface area contributed by atoms with Crippen LogP contribution in [0.5, 0.6) is 11.5 Å². The van der Waals surface area contributed by atoms with Gasteiger partial charge >= 0.3 is 0 Å². The van der Waals surface area contributed by atoms with Gasteiger partial charge < -0.3 is 14.4 Å². The van der Waals surface area contributed by atoms with E-state index in [4.69, 9.17) is 9.47 Å². The summed E-state index contributed by atoms with van der Waals surface area (Å²) in [5.74, 6) is 1.15. The van der Waals surface area contributed by atoms with Crippen molar-refractivity contribution in [1.82, 2.24) is 0 Å². The van der Waals surface area contributed by atoms with Gasteiger partial charge in [0.15, 0.2) is 5.75 Å². The van der Waals surface area contributed by atoms with Crippen LogP contribution in [0.3, 0.4) is 0 Å². The molecule has 1 rings (SSSR count). The highest BCUT2D eigenvalue weighted by Crippen LogP contribution is 2.30. The van der Waals surface area contributed by atoms with Crippen molar-refractivity contribution >= 4 is 12.2 Å². The van der Waals surface area contributed by atoms with Crippen LogP contribution in [0.15, 0.2) is 18.2 Å². The summed E-state index contributed by atoms with van der Waals surface area (Å²) < 4.78 is 9.86. The summed E-state index contributed by atoms with van der Waals surface area (Å²) in [7, 11) is 5.31. The number of hydrogen-bond acceptors (Lipinski definition) is 4. The summed E-state index contributed by atoms with van der Waals surface area (Å²) in [4.78, 5) is 12.1. The number of anilines is 1. The predicted molar refractivity (Wildman–Crippen MR) is 65.4 cm³/mol. The molecule has 0 unspecified atom stereocenters. The summed E-state index contributed by atoms with van der Waals surface area (Å²) in [6.07, 6.45) is 0. The molecule has 0 aromatic heterocycles. The lowest BCUT2D eigenvalue weighted by Crippen LogP contribution is -2.10. The van der Waals surface area contributed by atoms with Gasteiger partial charge in [0.2, 0.25) is 0 Å². The quantitative estimate of drug-likeness (QED) is 0.737. The van der Waals surface area contributed by atoms with Crippen molar-refractivity contribution in [2.45, 2.75) is 13.8 Å².